The summed E-state index contributed by atoms with van der Waals surface area (Å²) in [6.07, 6.45) is 1.82. The van der Waals surface area contributed by atoms with Crippen molar-refractivity contribution in [2.75, 3.05) is 18.0 Å². The molecule has 1 fully saturated rings. The first-order valence-electron chi connectivity index (χ1n) is 5.12. The van der Waals surface area contributed by atoms with Gasteiger partial charge in [0, 0.05) is 25.4 Å². The number of rotatable bonds is 2. The van der Waals surface area contributed by atoms with Gasteiger partial charge in [0.15, 0.2) is 0 Å². The van der Waals surface area contributed by atoms with Crippen LogP contribution in [0.2, 0.25) is 0 Å². The third-order valence-electron chi connectivity index (χ3n) is 2.64. The predicted octanol–water partition coefficient (Wildman–Crippen LogP) is 0.869. The van der Waals surface area contributed by atoms with Crippen molar-refractivity contribution in [3.63, 3.8) is 0 Å². The van der Waals surface area contributed by atoms with Gasteiger partial charge in [0.25, 0.3) is 0 Å². The lowest BCUT2D eigenvalue weighted by Crippen LogP contribution is -2.23. The predicted molar refractivity (Wildman–Crippen MR) is 58.5 cm³/mol. The van der Waals surface area contributed by atoms with Crippen molar-refractivity contribution in [3.8, 4) is 0 Å². The standard InChI is InChI=1S/C10H13N3O3/c1-7-4-9(13(15)16)10(11-5-7)12-3-2-8(14)6-12/h4-5,8,14H,2-3,6H2,1H3. The Kier molecular flexibility index (Phi) is 2.74. The van der Waals surface area contributed by atoms with Crippen LogP contribution in [0.5, 0.6) is 0 Å². The molecule has 6 heteroatoms. The Hall–Kier alpha value is -1.69. The Morgan fingerprint density at radius 3 is 3.00 bits per heavy atom. The van der Waals surface area contributed by atoms with Crippen molar-refractivity contribution in [2.24, 2.45) is 0 Å². The van der Waals surface area contributed by atoms with Crippen molar-refractivity contribution in [2.45, 2.75) is 19.4 Å². The maximum Gasteiger partial charge on any atom is 0.311 e. The van der Waals surface area contributed by atoms with E-state index in [0.29, 0.717) is 25.3 Å². The third-order valence-corrected chi connectivity index (χ3v) is 2.64. The lowest BCUT2D eigenvalue weighted by atomic mass is 10.3. The Labute approximate surface area is 92.7 Å². The van der Waals surface area contributed by atoms with Crippen LogP contribution >= 0.6 is 0 Å². The van der Waals surface area contributed by atoms with E-state index < -0.39 is 11.0 Å². The van der Waals surface area contributed by atoms with Gasteiger partial charge in [-0.05, 0) is 18.9 Å². The van der Waals surface area contributed by atoms with Crippen molar-refractivity contribution >= 4 is 11.5 Å². The van der Waals surface area contributed by atoms with E-state index in [0.717, 1.165) is 5.56 Å². The van der Waals surface area contributed by atoms with Gasteiger partial charge in [0.1, 0.15) is 0 Å². The van der Waals surface area contributed by atoms with E-state index in [4.69, 9.17) is 0 Å². The molecule has 1 atom stereocenters. The molecule has 2 heterocycles. The minimum absolute atomic E-state index is 0.00843. The van der Waals surface area contributed by atoms with Gasteiger partial charge in [-0.3, -0.25) is 10.1 Å². The summed E-state index contributed by atoms with van der Waals surface area (Å²) in [7, 11) is 0. The van der Waals surface area contributed by atoms with Crippen LogP contribution in [-0.4, -0.2) is 34.2 Å². The molecule has 1 aromatic heterocycles. The number of hydrogen-bond acceptors (Lipinski definition) is 5. The average Bonchev–Trinajstić information content (AvgIpc) is 2.64. The quantitative estimate of drug-likeness (QED) is 0.594. The lowest BCUT2D eigenvalue weighted by Gasteiger charge is -2.16. The number of aromatic nitrogens is 1. The summed E-state index contributed by atoms with van der Waals surface area (Å²) in [6.45, 7) is 2.79. The number of β-amino-alcohol motifs (C(OH)–C–C–N with tert-alkyl or cyclic N) is 1. The number of nitro groups is 1. The molecule has 1 aliphatic rings. The molecule has 2 rings (SSSR count). The van der Waals surface area contributed by atoms with Gasteiger partial charge in [-0.15, -0.1) is 0 Å². The molecule has 0 amide bonds. The van der Waals surface area contributed by atoms with Gasteiger partial charge in [0.2, 0.25) is 5.82 Å². The van der Waals surface area contributed by atoms with E-state index in [1.165, 1.54) is 6.07 Å². The van der Waals surface area contributed by atoms with Crippen LogP contribution in [-0.2, 0) is 0 Å². The maximum atomic E-state index is 10.9. The number of nitrogens with zero attached hydrogens (tertiary/aromatic N) is 3. The zero-order valence-corrected chi connectivity index (χ0v) is 8.96. The topological polar surface area (TPSA) is 79.5 Å². The third kappa shape index (κ3) is 1.96. The zero-order valence-electron chi connectivity index (χ0n) is 8.96. The molecule has 0 saturated carbocycles. The van der Waals surface area contributed by atoms with Crippen LogP contribution in [0.25, 0.3) is 0 Å². The van der Waals surface area contributed by atoms with Gasteiger partial charge in [-0.25, -0.2) is 4.98 Å². The molecule has 1 N–H and O–H groups in total. The second-order valence-corrected chi connectivity index (χ2v) is 4.00. The number of aliphatic hydroxyl groups excluding tert-OH is 1. The van der Waals surface area contributed by atoms with Gasteiger partial charge >= 0.3 is 5.69 Å². The highest BCUT2D eigenvalue weighted by molar-refractivity contribution is 5.59. The van der Waals surface area contributed by atoms with Crippen LogP contribution in [0, 0.1) is 17.0 Å². The van der Waals surface area contributed by atoms with E-state index in [9.17, 15) is 15.2 Å². The summed E-state index contributed by atoms with van der Waals surface area (Å²) in [6, 6.07) is 1.51. The van der Waals surface area contributed by atoms with Gasteiger partial charge in [-0.1, -0.05) is 0 Å². The highest BCUT2D eigenvalue weighted by Gasteiger charge is 2.27. The first-order valence-corrected chi connectivity index (χ1v) is 5.12. The highest BCUT2D eigenvalue weighted by atomic mass is 16.6. The fourth-order valence-corrected chi connectivity index (χ4v) is 1.86. The molecule has 1 aromatic rings. The minimum Gasteiger partial charge on any atom is -0.391 e. The first kappa shape index (κ1) is 10.8. The zero-order chi connectivity index (χ0) is 11.7. The molecule has 16 heavy (non-hydrogen) atoms. The Morgan fingerprint density at radius 2 is 2.44 bits per heavy atom. The number of anilines is 1. The fraction of sp³-hybridized carbons (Fsp3) is 0.500. The van der Waals surface area contributed by atoms with E-state index in [2.05, 4.69) is 4.98 Å². The summed E-state index contributed by atoms with van der Waals surface area (Å²) < 4.78 is 0. The molecule has 1 saturated heterocycles. The van der Waals surface area contributed by atoms with Crippen molar-refractivity contribution in [1.29, 1.82) is 0 Å². The first-order chi connectivity index (χ1) is 7.58. The molecule has 0 aliphatic carbocycles. The summed E-state index contributed by atoms with van der Waals surface area (Å²) in [5.74, 6) is 0.354. The second kappa shape index (κ2) is 4.05. The lowest BCUT2D eigenvalue weighted by molar-refractivity contribution is -0.384. The number of pyridine rings is 1. The van der Waals surface area contributed by atoms with Crippen LogP contribution in [0.3, 0.4) is 0 Å². The van der Waals surface area contributed by atoms with Gasteiger partial charge < -0.3 is 10.0 Å². The molecular weight excluding hydrogens is 210 g/mol. The molecule has 0 aromatic carbocycles. The van der Waals surface area contributed by atoms with E-state index >= 15 is 0 Å². The van der Waals surface area contributed by atoms with Crippen LogP contribution in [0.4, 0.5) is 11.5 Å². The summed E-state index contributed by atoms with van der Waals surface area (Å²) in [5.41, 5.74) is 0.768. The van der Waals surface area contributed by atoms with E-state index in [1.54, 1.807) is 18.0 Å². The minimum atomic E-state index is -0.431. The van der Waals surface area contributed by atoms with Crippen molar-refractivity contribution in [1.82, 2.24) is 4.98 Å². The molecule has 1 aliphatic heterocycles. The SMILES string of the molecule is Cc1cnc(N2CCC(O)C2)c([N+](=O)[O-])c1. The molecule has 86 valence electrons. The van der Waals surface area contributed by atoms with Crippen molar-refractivity contribution in [3.05, 3.63) is 27.9 Å². The summed E-state index contributed by atoms with van der Waals surface area (Å²) >= 11 is 0. The van der Waals surface area contributed by atoms with Crippen molar-refractivity contribution < 1.29 is 10.0 Å². The Bertz CT molecular complexity index is 422. The maximum absolute atomic E-state index is 10.9. The highest BCUT2D eigenvalue weighted by Crippen LogP contribution is 2.28. The smallest absolute Gasteiger partial charge is 0.311 e. The number of aliphatic hydroxyl groups is 1. The molecule has 1 unspecified atom stereocenters. The molecule has 6 nitrogen and oxygen atoms in total. The fourth-order valence-electron chi connectivity index (χ4n) is 1.86. The monoisotopic (exact) mass is 223 g/mol. The van der Waals surface area contributed by atoms with Gasteiger partial charge in [0.05, 0.1) is 11.0 Å². The number of hydrogen-bond donors (Lipinski definition) is 1. The summed E-state index contributed by atoms with van der Waals surface area (Å²) in [4.78, 5) is 16.3. The number of aryl methyl sites for hydroxylation is 1. The molecular formula is C10H13N3O3. The van der Waals surface area contributed by atoms with Crippen LogP contribution < -0.4 is 4.90 Å². The average molecular weight is 223 g/mol. The summed E-state index contributed by atoms with van der Waals surface area (Å²) in [5, 5.41) is 20.3. The molecule has 0 spiro atoms. The molecule has 0 radical (unpaired) electrons. The largest absolute Gasteiger partial charge is 0.391 e. The van der Waals surface area contributed by atoms with Crippen LogP contribution in [0.1, 0.15) is 12.0 Å². The Balaban J connectivity index is 2.36. The van der Waals surface area contributed by atoms with E-state index in [1.807, 2.05) is 0 Å². The second-order valence-electron chi connectivity index (χ2n) is 4.00. The van der Waals surface area contributed by atoms with Crippen LogP contribution in [0.15, 0.2) is 12.3 Å². The van der Waals surface area contributed by atoms with Gasteiger partial charge in [-0.2, -0.15) is 0 Å². The Morgan fingerprint density at radius 1 is 1.69 bits per heavy atom. The normalized spacial score (nSPS) is 20.1. The van der Waals surface area contributed by atoms with E-state index in [-0.39, 0.29) is 5.69 Å². The molecule has 0 bridgehead atoms.